The lowest BCUT2D eigenvalue weighted by atomic mass is 9.88. The number of hydrogen-bond acceptors (Lipinski definition) is 3. The van der Waals surface area contributed by atoms with Crippen LogP contribution in [0.3, 0.4) is 0 Å². The van der Waals surface area contributed by atoms with E-state index in [2.05, 4.69) is 4.98 Å². The number of aromatic nitrogens is 1. The molecule has 4 rings (SSSR count). The predicted octanol–water partition coefficient (Wildman–Crippen LogP) is 5.99. The van der Waals surface area contributed by atoms with E-state index in [-0.39, 0.29) is 16.8 Å². The standard InChI is InChI=1S/C21H14ClF6NO2/c22-13-6-4-12(5-7-13)18(8-9-18)17-15(30)10-11-2-1-3-14(16(11)29-17)19(31,20(23,24)25)21(26,27)28/h1-7,10,30-31H,8-9H2. The maximum absolute atomic E-state index is 13.5. The van der Waals surface area contributed by atoms with E-state index >= 15 is 0 Å². The van der Waals surface area contributed by atoms with Gasteiger partial charge >= 0.3 is 12.4 Å². The van der Waals surface area contributed by atoms with Crippen LogP contribution in [-0.4, -0.2) is 27.5 Å². The molecule has 0 spiro atoms. The van der Waals surface area contributed by atoms with Crippen molar-refractivity contribution in [1.82, 2.24) is 4.98 Å². The van der Waals surface area contributed by atoms with Gasteiger partial charge in [0, 0.05) is 21.4 Å². The fourth-order valence-electron chi connectivity index (χ4n) is 3.85. The summed E-state index contributed by atoms with van der Waals surface area (Å²) in [5, 5.41) is 20.7. The van der Waals surface area contributed by atoms with Gasteiger partial charge in [0.15, 0.2) is 0 Å². The van der Waals surface area contributed by atoms with Crippen LogP contribution in [-0.2, 0) is 11.0 Å². The van der Waals surface area contributed by atoms with Gasteiger partial charge in [0.1, 0.15) is 5.75 Å². The molecular weight excluding hydrogens is 448 g/mol. The number of nitrogens with zero attached hydrogens (tertiary/aromatic N) is 1. The summed E-state index contributed by atoms with van der Waals surface area (Å²) in [7, 11) is 0. The number of rotatable bonds is 3. The van der Waals surface area contributed by atoms with Gasteiger partial charge in [-0.25, -0.2) is 4.98 Å². The highest BCUT2D eigenvalue weighted by Crippen LogP contribution is 2.56. The first-order valence-electron chi connectivity index (χ1n) is 9.07. The maximum Gasteiger partial charge on any atom is 0.430 e. The lowest BCUT2D eigenvalue weighted by molar-refractivity contribution is -0.375. The third kappa shape index (κ3) is 3.22. The van der Waals surface area contributed by atoms with Crippen molar-refractivity contribution in [2.45, 2.75) is 36.2 Å². The Morgan fingerprint density at radius 2 is 1.48 bits per heavy atom. The highest BCUT2D eigenvalue weighted by Gasteiger charge is 2.72. The van der Waals surface area contributed by atoms with E-state index < -0.39 is 34.4 Å². The fraction of sp³-hybridized carbons (Fsp3) is 0.286. The highest BCUT2D eigenvalue weighted by atomic mass is 35.5. The molecule has 1 aliphatic carbocycles. The molecule has 31 heavy (non-hydrogen) atoms. The van der Waals surface area contributed by atoms with Crippen molar-refractivity contribution in [3.8, 4) is 5.75 Å². The molecule has 10 heteroatoms. The molecule has 1 aromatic heterocycles. The second-order valence-electron chi connectivity index (χ2n) is 7.53. The van der Waals surface area contributed by atoms with Gasteiger partial charge in [-0.3, -0.25) is 0 Å². The van der Waals surface area contributed by atoms with E-state index in [0.717, 1.165) is 12.1 Å². The van der Waals surface area contributed by atoms with Crippen LogP contribution < -0.4 is 0 Å². The van der Waals surface area contributed by atoms with Crippen molar-refractivity contribution in [1.29, 1.82) is 0 Å². The molecule has 1 aliphatic rings. The molecule has 164 valence electrons. The number of hydrogen-bond donors (Lipinski definition) is 2. The molecule has 0 unspecified atom stereocenters. The highest BCUT2D eigenvalue weighted by molar-refractivity contribution is 6.30. The number of benzene rings is 2. The zero-order chi connectivity index (χ0) is 22.8. The number of aromatic hydroxyl groups is 1. The van der Waals surface area contributed by atoms with Crippen LogP contribution in [0.2, 0.25) is 5.02 Å². The van der Waals surface area contributed by atoms with Gasteiger partial charge in [-0.2, -0.15) is 26.3 Å². The number of fused-ring (bicyclic) bond motifs is 1. The summed E-state index contributed by atoms with van der Waals surface area (Å²) in [4.78, 5) is 4.06. The number of aliphatic hydroxyl groups is 1. The molecule has 0 atom stereocenters. The van der Waals surface area contributed by atoms with Crippen LogP contribution in [0.1, 0.15) is 29.7 Å². The van der Waals surface area contributed by atoms with Gasteiger partial charge in [0.2, 0.25) is 0 Å². The summed E-state index contributed by atoms with van der Waals surface area (Å²) in [5.74, 6) is -0.361. The Labute approximate surface area is 176 Å². The summed E-state index contributed by atoms with van der Waals surface area (Å²) < 4.78 is 80.9. The Kier molecular flexibility index (Phi) is 4.72. The lowest BCUT2D eigenvalue weighted by Crippen LogP contribution is -2.54. The van der Waals surface area contributed by atoms with Crippen molar-refractivity contribution in [2.24, 2.45) is 0 Å². The molecule has 2 aromatic carbocycles. The molecule has 3 aromatic rings. The quantitative estimate of drug-likeness (QED) is 0.471. The Bertz CT molecular complexity index is 1140. The molecule has 3 nitrogen and oxygen atoms in total. The van der Waals surface area contributed by atoms with Crippen LogP contribution >= 0.6 is 11.6 Å². The maximum atomic E-state index is 13.5. The number of pyridine rings is 1. The van der Waals surface area contributed by atoms with Crippen LogP contribution in [0.4, 0.5) is 26.3 Å². The zero-order valence-corrected chi connectivity index (χ0v) is 16.3. The average molecular weight is 462 g/mol. The molecule has 0 aliphatic heterocycles. The molecule has 2 N–H and O–H groups in total. The van der Waals surface area contributed by atoms with Crippen LogP contribution in [0.5, 0.6) is 5.75 Å². The zero-order valence-electron chi connectivity index (χ0n) is 15.5. The molecule has 1 heterocycles. The number of para-hydroxylation sites is 1. The van der Waals surface area contributed by atoms with Crippen LogP contribution in [0, 0.1) is 0 Å². The summed E-state index contributed by atoms with van der Waals surface area (Å²) in [6.45, 7) is 0. The van der Waals surface area contributed by atoms with Gasteiger partial charge in [-0.05, 0) is 36.6 Å². The summed E-state index contributed by atoms with van der Waals surface area (Å²) in [5.41, 5.74) is -7.52. The largest absolute Gasteiger partial charge is 0.506 e. The van der Waals surface area contributed by atoms with Crippen LogP contribution in [0.15, 0.2) is 48.5 Å². The smallest absolute Gasteiger partial charge is 0.430 e. The summed E-state index contributed by atoms with van der Waals surface area (Å²) in [6, 6.07) is 10.3. The molecule has 0 amide bonds. The summed E-state index contributed by atoms with van der Waals surface area (Å²) >= 11 is 5.89. The minimum atomic E-state index is -6.05. The summed E-state index contributed by atoms with van der Waals surface area (Å²) in [6.07, 6.45) is -11.1. The molecule has 1 fully saturated rings. The third-order valence-corrected chi connectivity index (χ3v) is 5.89. The van der Waals surface area contributed by atoms with E-state index in [0.29, 0.717) is 29.5 Å². The first-order valence-corrected chi connectivity index (χ1v) is 9.45. The minimum Gasteiger partial charge on any atom is -0.506 e. The topological polar surface area (TPSA) is 53.4 Å². The van der Waals surface area contributed by atoms with Gasteiger partial charge < -0.3 is 10.2 Å². The lowest BCUT2D eigenvalue weighted by Gasteiger charge is -2.33. The van der Waals surface area contributed by atoms with E-state index in [1.54, 1.807) is 24.3 Å². The van der Waals surface area contributed by atoms with E-state index in [9.17, 15) is 36.6 Å². The molecule has 1 saturated carbocycles. The monoisotopic (exact) mass is 461 g/mol. The van der Waals surface area contributed by atoms with Crippen molar-refractivity contribution in [3.63, 3.8) is 0 Å². The van der Waals surface area contributed by atoms with Crippen molar-refractivity contribution in [2.75, 3.05) is 0 Å². The van der Waals surface area contributed by atoms with E-state index in [1.165, 1.54) is 6.07 Å². The Balaban J connectivity index is 1.99. The molecular formula is C21H14ClF6NO2. The van der Waals surface area contributed by atoms with E-state index in [1.807, 2.05) is 0 Å². The fourth-order valence-corrected chi connectivity index (χ4v) is 3.98. The van der Waals surface area contributed by atoms with Crippen molar-refractivity contribution >= 4 is 22.5 Å². The normalized spacial score (nSPS) is 16.5. The minimum absolute atomic E-state index is 0.0542. The second kappa shape index (κ2) is 6.74. The van der Waals surface area contributed by atoms with Gasteiger partial charge in [0.25, 0.3) is 5.60 Å². The predicted molar refractivity (Wildman–Crippen MR) is 101 cm³/mol. The third-order valence-electron chi connectivity index (χ3n) is 5.64. The first kappa shape index (κ1) is 21.7. The van der Waals surface area contributed by atoms with Gasteiger partial charge in [0.05, 0.1) is 11.2 Å². The van der Waals surface area contributed by atoms with Crippen LogP contribution in [0.25, 0.3) is 10.9 Å². The Hall–Kier alpha value is -2.52. The number of alkyl halides is 6. The average Bonchev–Trinajstić information content (AvgIpc) is 3.46. The first-order chi connectivity index (χ1) is 14.3. The SMILES string of the molecule is Oc1cc2cccc(C(O)(C(F)(F)F)C(F)(F)F)c2nc1C1(c2ccc(Cl)cc2)CC1. The Morgan fingerprint density at radius 1 is 0.903 bits per heavy atom. The molecule has 0 saturated heterocycles. The van der Waals surface area contributed by atoms with E-state index in [4.69, 9.17) is 11.6 Å². The molecule has 0 radical (unpaired) electrons. The number of halogens is 7. The Morgan fingerprint density at radius 3 is 2.00 bits per heavy atom. The van der Waals surface area contributed by atoms with Gasteiger partial charge in [-0.15, -0.1) is 0 Å². The van der Waals surface area contributed by atoms with Crippen molar-refractivity contribution < 1.29 is 36.6 Å². The second-order valence-corrected chi connectivity index (χ2v) is 7.96. The van der Waals surface area contributed by atoms with Crippen molar-refractivity contribution in [3.05, 3.63) is 70.4 Å². The van der Waals surface area contributed by atoms with Gasteiger partial charge in [-0.1, -0.05) is 41.9 Å². The molecule has 0 bridgehead atoms.